The molecular weight excluding hydrogens is 380 g/mol. The summed E-state index contributed by atoms with van der Waals surface area (Å²) >= 11 is 0. The van der Waals surface area contributed by atoms with Crippen molar-refractivity contribution in [1.29, 1.82) is 0 Å². The number of nitrogens with zero attached hydrogens (tertiary/aromatic N) is 2. The van der Waals surface area contributed by atoms with E-state index in [0.717, 1.165) is 6.21 Å². The van der Waals surface area contributed by atoms with Crippen molar-refractivity contribution < 1.29 is 49.3 Å². The third kappa shape index (κ3) is 4.14. The van der Waals surface area contributed by atoms with Gasteiger partial charge >= 0.3 is 0 Å². The van der Waals surface area contributed by atoms with Crippen LogP contribution in [0, 0.1) is 0 Å². The number of rotatable bonds is 6. The van der Waals surface area contributed by atoms with Crippen molar-refractivity contribution in [2.45, 2.75) is 75.2 Å². The Labute approximate surface area is 160 Å². The van der Waals surface area contributed by atoms with Crippen LogP contribution in [0.1, 0.15) is 13.8 Å². The zero-order chi connectivity index (χ0) is 20.4. The van der Waals surface area contributed by atoms with E-state index in [2.05, 4.69) is 10.1 Å². The molecule has 12 heteroatoms. The first-order valence-corrected chi connectivity index (χ1v) is 9.03. The average Bonchev–Trinajstić information content (AvgIpc) is 3.05. The lowest BCUT2D eigenvalue weighted by molar-refractivity contribution is -0.330. The van der Waals surface area contributed by atoms with Gasteiger partial charge in [0.15, 0.2) is 12.2 Å². The van der Waals surface area contributed by atoms with Crippen molar-refractivity contribution in [3.8, 4) is 0 Å². The summed E-state index contributed by atoms with van der Waals surface area (Å²) in [5.74, 6) is 0.325. The highest BCUT2D eigenvalue weighted by Crippen LogP contribution is 2.32. The second kappa shape index (κ2) is 8.97. The molecular formula is C16H26N2O10. The molecule has 0 aliphatic carbocycles. The minimum absolute atomic E-state index is 0.290. The van der Waals surface area contributed by atoms with E-state index in [-0.39, 0.29) is 0 Å². The summed E-state index contributed by atoms with van der Waals surface area (Å²) in [7, 11) is 0. The van der Waals surface area contributed by atoms with Gasteiger partial charge in [-0.25, -0.2) is 4.99 Å². The quantitative estimate of drug-likeness (QED) is 0.227. The van der Waals surface area contributed by atoms with E-state index < -0.39 is 68.0 Å². The van der Waals surface area contributed by atoms with Gasteiger partial charge in [0, 0.05) is 6.92 Å². The Hall–Kier alpha value is -1.38. The van der Waals surface area contributed by atoms with Crippen molar-refractivity contribution >= 4 is 12.1 Å². The molecule has 4 unspecified atom stereocenters. The van der Waals surface area contributed by atoms with E-state index in [4.69, 9.17) is 23.8 Å². The number of aliphatic imine (C=N–C) groups is 1. The molecule has 0 aromatic rings. The summed E-state index contributed by atoms with van der Waals surface area (Å²) in [5.41, 5.74) is 0. The van der Waals surface area contributed by atoms with E-state index in [9.17, 15) is 25.5 Å². The standard InChI is InChI=1S/C16H26N2O10/c1-3-24-17-4-7-10(20)12(22)13(23)16(26-7)28-14-8(5-19)27-15-9(11(14)21)18-6(2)25-15/h4,7-16,19-23H,3,5H2,1-2H3/b17-4-/t7?,8?,9?,10-,11+,12-,13?,14+,15-,16-/m0/s1. The lowest BCUT2D eigenvalue weighted by Crippen LogP contribution is -2.63. The smallest absolute Gasteiger partial charge is 0.227 e. The number of aliphatic hydroxyl groups is 5. The largest absolute Gasteiger partial charge is 0.450 e. The van der Waals surface area contributed by atoms with Gasteiger partial charge in [0.05, 0.1) is 12.8 Å². The predicted molar refractivity (Wildman–Crippen MR) is 91.4 cm³/mol. The molecule has 0 amide bonds. The van der Waals surface area contributed by atoms with Crippen molar-refractivity contribution in [3.63, 3.8) is 0 Å². The Bertz CT molecular complexity index is 590. The minimum Gasteiger partial charge on any atom is -0.450 e. The fourth-order valence-electron chi connectivity index (χ4n) is 3.31. The van der Waals surface area contributed by atoms with E-state index in [1.165, 1.54) is 0 Å². The molecule has 2 fully saturated rings. The van der Waals surface area contributed by atoms with Gasteiger partial charge in [0.2, 0.25) is 6.29 Å². The molecule has 10 atom stereocenters. The van der Waals surface area contributed by atoms with Crippen LogP contribution in [0.25, 0.3) is 0 Å². The summed E-state index contributed by atoms with van der Waals surface area (Å²) in [6.45, 7) is 3.10. The van der Waals surface area contributed by atoms with Gasteiger partial charge in [-0.3, -0.25) is 0 Å². The van der Waals surface area contributed by atoms with Gasteiger partial charge in [-0.15, -0.1) is 0 Å². The maximum Gasteiger partial charge on any atom is 0.227 e. The van der Waals surface area contributed by atoms with Crippen LogP contribution in [-0.4, -0.2) is 112 Å². The van der Waals surface area contributed by atoms with Crippen LogP contribution in [0.3, 0.4) is 0 Å². The normalized spacial score (nSPS) is 46.2. The van der Waals surface area contributed by atoms with Gasteiger partial charge in [-0.05, 0) is 6.92 Å². The lowest BCUT2D eigenvalue weighted by atomic mass is 9.96. The highest BCUT2D eigenvalue weighted by molar-refractivity contribution is 5.75. The molecule has 2 saturated heterocycles. The molecule has 28 heavy (non-hydrogen) atoms. The van der Waals surface area contributed by atoms with Crippen LogP contribution in [0.4, 0.5) is 0 Å². The first-order chi connectivity index (χ1) is 13.4. The minimum atomic E-state index is -1.62. The van der Waals surface area contributed by atoms with E-state index >= 15 is 0 Å². The molecule has 0 radical (unpaired) electrons. The molecule has 3 aliphatic heterocycles. The molecule has 160 valence electrons. The molecule has 3 heterocycles. The van der Waals surface area contributed by atoms with Crippen LogP contribution >= 0.6 is 0 Å². The fourth-order valence-corrected chi connectivity index (χ4v) is 3.31. The van der Waals surface area contributed by atoms with Crippen LogP contribution in [0.5, 0.6) is 0 Å². The molecule has 0 bridgehead atoms. The maximum atomic E-state index is 10.6. The van der Waals surface area contributed by atoms with Gasteiger partial charge in [-0.2, -0.15) is 0 Å². The van der Waals surface area contributed by atoms with Crippen LogP contribution in [0.15, 0.2) is 10.1 Å². The number of fused-ring (bicyclic) bond motifs is 1. The van der Waals surface area contributed by atoms with Crippen molar-refractivity contribution in [3.05, 3.63) is 0 Å². The van der Waals surface area contributed by atoms with E-state index in [1.807, 2.05) is 0 Å². The van der Waals surface area contributed by atoms with Crippen molar-refractivity contribution in [1.82, 2.24) is 0 Å². The average molecular weight is 406 g/mol. The summed E-state index contributed by atoms with van der Waals surface area (Å²) in [6.07, 6.45) is -10.4. The van der Waals surface area contributed by atoms with Gasteiger partial charge in [-0.1, -0.05) is 5.16 Å². The number of ether oxygens (including phenoxy) is 4. The molecule has 5 N–H and O–H groups in total. The third-order valence-corrected chi connectivity index (χ3v) is 4.75. The Morgan fingerprint density at radius 1 is 1.11 bits per heavy atom. The molecule has 3 aliphatic rings. The summed E-state index contributed by atoms with van der Waals surface area (Å²) < 4.78 is 22.1. The van der Waals surface area contributed by atoms with Crippen LogP contribution in [0.2, 0.25) is 0 Å². The lowest BCUT2D eigenvalue weighted by Gasteiger charge is -2.44. The molecule has 0 saturated carbocycles. The summed E-state index contributed by atoms with van der Waals surface area (Å²) in [5, 5.41) is 54.2. The highest BCUT2D eigenvalue weighted by Gasteiger charge is 2.52. The topological polar surface area (TPSA) is 172 Å². The zero-order valence-corrected chi connectivity index (χ0v) is 15.4. The summed E-state index contributed by atoms with van der Waals surface area (Å²) in [4.78, 5) is 8.95. The second-order valence-corrected chi connectivity index (χ2v) is 6.69. The molecule has 12 nitrogen and oxygen atoms in total. The number of hydrogen-bond acceptors (Lipinski definition) is 12. The Kier molecular flexibility index (Phi) is 6.83. The molecule has 0 aromatic carbocycles. The molecule has 0 spiro atoms. The number of hydrogen-bond donors (Lipinski definition) is 5. The van der Waals surface area contributed by atoms with Crippen molar-refractivity contribution in [2.75, 3.05) is 13.2 Å². The van der Waals surface area contributed by atoms with Gasteiger partial charge in [0.25, 0.3) is 0 Å². The zero-order valence-electron chi connectivity index (χ0n) is 15.4. The first kappa shape index (κ1) is 21.3. The predicted octanol–water partition coefficient (Wildman–Crippen LogP) is -2.90. The van der Waals surface area contributed by atoms with Crippen LogP contribution < -0.4 is 0 Å². The first-order valence-electron chi connectivity index (χ1n) is 9.03. The van der Waals surface area contributed by atoms with E-state index in [0.29, 0.717) is 12.5 Å². The maximum absolute atomic E-state index is 10.6. The number of oxime groups is 1. The van der Waals surface area contributed by atoms with Crippen molar-refractivity contribution in [2.24, 2.45) is 10.1 Å². The molecule has 0 aromatic heterocycles. The monoisotopic (exact) mass is 406 g/mol. The fraction of sp³-hybridized carbons (Fsp3) is 0.875. The van der Waals surface area contributed by atoms with Gasteiger partial charge in [0.1, 0.15) is 55.4 Å². The third-order valence-electron chi connectivity index (χ3n) is 4.75. The Morgan fingerprint density at radius 2 is 1.86 bits per heavy atom. The summed E-state index contributed by atoms with van der Waals surface area (Å²) in [6, 6.07) is -0.778. The molecule has 3 rings (SSSR count). The Morgan fingerprint density at radius 3 is 2.54 bits per heavy atom. The van der Waals surface area contributed by atoms with E-state index in [1.54, 1.807) is 13.8 Å². The second-order valence-electron chi connectivity index (χ2n) is 6.69. The highest BCUT2D eigenvalue weighted by atomic mass is 16.7. The number of aliphatic hydroxyl groups excluding tert-OH is 5. The Balaban J connectivity index is 1.74. The van der Waals surface area contributed by atoms with Crippen LogP contribution in [-0.2, 0) is 23.8 Å². The van der Waals surface area contributed by atoms with Gasteiger partial charge < -0.3 is 49.3 Å². The SMILES string of the molecule is CCO/N=C\C1O[C@@H](O[C@@H]2C(CO)O[C@@H]3OC(C)=NC3[C@H]2O)C(O)[C@@H](O)[C@H]1O.